The minimum atomic E-state index is -0.573. The Balaban J connectivity index is 1.17. The van der Waals surface area contributed by atoms with Gasteiger partial charge in [0.25, 0.3) is 5.91 Å². The third kappa shape index (κ3) is 5.94. The average molecular weight is 603 g/mol. The van der Waals surface area contributed by atoms with Crippen LogP contribution in [-0.2, 0) is 9.53 Å². The predicted octanol–water partition coefficient (Wildman–Crippen LogP) is 5.00. The molecule has 3 aromatic heterocycles. The van der Waals surface area contributed by atoms with E-state index in [0.717, 1.165) is 36.7 Å². The van der Waals surface area contributed by atoms with E-state index in [2.05, 4.69) is 19.9 Å². The number of ether oxygens (including phenoxy) is 1. The number of pyridine rings is 1. The van der Waals surface area contributed by atoms with Crippen molar-refractivity contribution in [3.8, 4) is 0 Å². The van der Waals surface area contributed by atoms with Crippen molar-refractivity contribution < 1.29 is 19.1 Å². The van der Waals surface area contributed by atoms with E-state index in [4.69, 9.17) is 9.72 Å². The van der Waals surface area contributed by atoms with Gasteiger partial charge in [0.15, 0.2) is 0 Å². The third-order valence-electron chi connectivity index (χ3n) is 8.78. The van der Waals surface area contributed by atoms with Crippen LogP contribution in [0.4, 0.5) is 22.2 Å². The number of rotatable bonds is 5. The summed E-state index contributed by atoms with van der Waals surface area (Å²) >= 11 is 0. The minimum Gasteiger partial charge on any atom is -0.444 e. The highest BCUT2D eigenvalue weighted by atomic mass is 16.6. The van der Waals surface area contributed by atoms with Gasteiger partial charge in [-0.1, -0.05) is 25.7 Å². The Labute approximate surface area is 257 Å². The van der Waals surface area contributed by atoms with Crippen LogP contribution in [0.15, 0.2) is 30.6 Å². The number of likely N-dealkylation sites (tertiary alicyclic amines) is 1. The molecule has 12 nitrogen and oxygen atoms in total. The van der Waals surface area contributed by atoms with Gasteiger partial charge in [-0.05, 0) is 51.8 Å². The highest BCUT2D eigenvalue weighted by Gasteiger charge is 2.48. The van der Waals surface area contributed by atoms with E-state index >= 15 is 0 Å². The van der Waals surface area contributed by atoms with E-state index in [0.29, 0.717) is 42.8 Å². The molecule has 12 heteroatoms. The first-order valence-corrected chi connectivity index (χ1v) is 15.6. The lowest BCUT2D eigenvalue weighted by Gasteiger charge is -2.26. The monoisotopic (exact) mass is 602 g/mol. The van der Waals surface area contributed by atoms with Gasteiger partial charge < -0.3 is 29.3 Å². The second kappa shape index (κ2) is 11.7. The van der Waals surface area contributed by atoms with Crippen LogP contribution in [0.25, 0.3) is 11.0 Å². The molecule has 2 saturated heterocycles. The highest BCUT2D eigenvalue weighted by molar-refractivity contribution is 5.99. The molecule has 44 heavy (non-hydrogen) atoms. The molecule has 2 aliphatic heterocycles. The molecule has 1 N–H and O–H groups in total. The van der Waals surface area contributed by atoms with Crippen molar-refractivity contribution in [2.75, 3.05) is 43.9 Å². The van der Waals surface area contributed by atoms with Gasteiger partial charge in [-0.3, -0.25) is 9.59 Å². The molecule has 1 saturated carbocycles. The molecule has 3 aromatic rings. The summed E-state index contributed by atoms with van der Waals surface area (Å²) in [6, 6.07) is 5.78. The van der Waals surface area contributed by atoms with E-state index in [1.54, 1.807) is 41.2 Å². The number of fused-ring (bicyclic) bond motifs is 2. The molecular weight excluding hydrogens is 560 g/mol. The number of nitrogens with zero attached hydrogens (tertiary/aromatic N) is 7. The van der Waals surface area contributed by atoms with Crippen molar-refractivity contribution in [3.63, 3.8) is 0 Å². The summed E-state index contributed by atoms with van der Waals surface area (Å²) in [5.74, 6) is 0.713. The number of hydrogen-bond acceptors (Lipinski definition) is 8. The quantitative estimate of drug-likeness (QED) is 0.405. The van der Waals surface area contributed by atoms with E-state index in [1.165, 1.54) is 12.8 Å². The zero-order chi connectivity index (χ0) is 31.2. The first kappa shape index (κ1) is 29.8. The fraction of sp³-hybridized carbons (Fsp3) is 0.562. The van der Waals surface area contributed by atoms with E-state index in [1.807, 2.05) is 39.0 Å². The summed E-state index contributed by atoms with van der Waals surface area (Å²) in [5, 5.41) is 4.03. The molecule has 0 aromatic carbocycles. The molecule has 2 atom stereocenters. The summed E-state index contributed by atoms with van der Waals surface area (Å²) in [7, 11) is 3.54. The van der Waals surface area contributed by atoms with Crippen LogP contribution in [0, 0.1) is 11.8 Å². The molecule has 3 aliphatic rings. The first-order valence-electron chi connectivity index (χ1n) is 15.6. The lowest BCUT2D eigenvalue weighted by Crippen LogP contribution is -2.38. The Kier molecular flexibility index (Phi) is 7.93. The van der Waals surface area contributed by atoms with Gasteiger partial charge in [0.05, 0.1) is 17.8 Å². The topological polar surface area (TPSA) is 126 Å². The maximum Gasteiger partial charge on any atom is 0.410 e. The fourth-order valence-electron chi connectivity index (χ4n) is 6.65. The Morgan fingerprint density at radius 3 is 2.39 bits per heavy atom. The van der Waals surface area contributed by atoms with Gasteiger partial charge in [0.1, 0.15) is 22.8 Å². The number of hydrogen-bond donors (Lipinski definition) is 1. The van der Waals surface area contributed by atoms with Crippen LogP contribution in [0.1, 0.15) is 75.8 Å². The normalized spacial score (nSPS) is 21.0. The molecule has 0 unspecified atom stereocenters. The molecule has 234 valence electrons. The van der Waals surface area contributed by atoms with Crippen LogP contribution in [0.3, 0.4) is 0 Å². The Bertz CT molecular complexity index is 1550. The van der Waals surface area contributed by atoms with Crippen LogP contribution in [0.5, 0.6) is 0 Å². The second-order valence-corrected chi connectivity index (χ2v) is 13.4. The van der Waals surface area contributed by atoms with Crippen LogP contribution < -0.4 is 10.2 Å². The van der Waals surface area contributed by atoms with Crippen molar-refractivity contribution in [2.45, 2.75) is 70.9 Å². The van der Waals surface area contributed by atoms with Crippen molar-refractivity contribution in [3.05, 3.63) is 36.3 Å². The molecule has 6 rings (SSSR count). The van der Waals surface area contributed by atoms with Crippen molar-refractivity contribution >= 4 is 46.4 Å². The fourth-order valence-corrected chi connectivity index (χ4v) is 6.65. The predicted molar refractivity (Wildman–Crippen MR) is 167 cm³/mol. The van der Waals surface area contributed by atoms with Crippen molar-refractivity contribution in [1.29, 1.82) is 0 Å². The standard InChI is InChI=1S/C32H42N8O4/c1-32(2,3)44-31(43)38-17-21-18-39(28(41)24(21)19-38)23-12-13-26(33-16-23)35-30-34-15-20-14-25(29(42)37(4)5)40(27(20)36-30)22-10-8-6-7-9-11-22/h12-16,21-22,24H,6-11,17-19H2,1-5H3,(H,33,34,35,36)/t21-,24-/m1/s1. The molecule has 0 spiro atoms. The van der Waals surface area contributed by atoms with Gasteiger partial charge >= 0.3 is 6.09 Å². The van der Waals surface area contributed by atoms with Gasteiger partial charge in [0, 0.05) is 57.3 Å². The maximum atomic E-state index is 13.3. The second-order valence-electron chi connectivity index (χ2n) is 13.4. The van der Waals surface area contributed by atoms with Gasteiger partial charge in [-0.2, -0.15) is 4.98 Å². The van der Waals surface area contributed by atoms with E-state index < -0.39 is 5.60 Å². The molecule has 3 fully saturated rings. The summed E-state index contributed by atoms with van der Waals surface area (Å²) in [6.07, 6.45) is 9.78. The Morgan fingerprint density at radius 2 is 1.75 bits per heavy atom. The summed E-state index contributed by atoms with van der Waals surface area (Å²) in [6.45, 7) is 6.91. The lowest BCUT2D eigenvalue weighted by molar-refractivity contribution is -0.120. The van der Waals surface area contributed by atoms with E-state index in [9.17, 15) is 14.4 Å². The highest BCUT2D eigenvalue weighted by Crippen LogP contribution is 2.36. The van der Waals surface area contributed by atoms with Crippen LogP contribution in [0.2, 0.25) is 0 Å². The smallest absolute Gasteiger partial charge is 0.410 e. The molecule has 1 aliphatic carbocycles. The Hall–Kier alpha value is -4.22. The zero-order valence-corrected chi connectivity index (χ0v) is 26.2. The summed E-state index contributed by atoms with van der Waals surface area (Å²) < 4.78 is 7.62. The Morgan fingerprint density at radius 1 is 1.00 bits per heavy atom. The third-order valence-corrected chi connectivity index (χ3v) is 8.78. The molecule has 0 radical (unpaired) electrons. The average Bonchev–Trinajstić information content (AvgIpc) is 3.57. The minimum absolute atomic E-state index is 0.000275. The zero-order valence-electron chi connectivity index (χ0n) is 26.2. The molecule has 5 heterocycles. The lowest BCUT2D eigenvalue weighted by atomic mass is 10.0. The maximum absolute atomic E-state index is 13.3. The van der Waals surface area contributed by atoms with E-state index in [-0.39, 0.29) is 35.8 Å². The number of carbonyl (C=O) groups excluding carboxylic acids is 3. The van der Waals surface area contributed by atoms with Crippen molar-refractivity contribution in [2.24, 2.45) is 11.8 Å². The largest absolute Gasteiger partial charge is 0.444 e. The molecule has 3 amide bonds. The SMILES string of the molecule is CN(C)C(=O)c1cc2cnc(Nc3ccc(N4C[C@H]5CN(C(=O)OC(C)(C)C)C[C@H]5C4=O)cn3)nc2n1C1CCCCCC1. The van der Waals surface area contributed by atoms with Crippen molar-refractivity contribution in [1.82, 2.24) is 29.3 Å². The van der Waals surface area contributed by atoms with Crippen LogP contribution >= 0.6 is 0 Å². The number of amides is 3. The summed E-state index contributed by atoms with van der Waals surface area (Å²) in [4.78, 5) is 57.9. The number of carbonyl (C=O) groups is 3. The number of aromatic nitrogens is 4. The summed E-state index contributed by atoms with van der Waals surface area (Å²) in [5.41, 5.74) is 1.52. The van der Waals surface area contributed by atoms with Gasteiger partial charge in [-0.15, -0.1) is 0 Å². The van der Waals surface area contributed by atoms with Gasteiger partial charge in [-0.25, -0.2) is 14.8 Å². The van der Waals surface area contributed by atoms with Gasteiger partial charge in [0.2, 0.25) is 11.9 Å². The molecule has 0 bridgehead atoms. The number of nitrogens with one attached hydrogen (secondary N) is 1. The first-order chi connectivity index (χ1) is 21.0. The van der Waals surface area contributed by atoms with Crippen LogP contribution in [-0.4, -0.2) is 86.6 Å². The number of anilines is 3. The molecular formula is C32H42N8O4.